The van der Waals surface area contributed by atoms with Crippen LogP contribution in [-0.2, 0) is 0 Å². The van der Waals surface area contributed by atoms with Gasteiger partial charge in [-0.3, -0.25) is 0 Å². The average molecular weight is 122 g/mol. The molecule has 0 bridgehead atoms. The predicted octanol–water partition coefficient (Wildman–Crippen LogP) is 0.321. The second-order valence-corrected chi connectivity index (χ2v) is 0.904. The van der Waals surface area contributed by atoms with Crippen molar-refractivity contribution in [3.8, 4) is 0 Å². The van der Waals surface area contributed by atoms with Gasteiger partial charge in [0.2, 0.25) is 0 Å². The van der Waals surface area contributed by atoms with Gasteiger partial charge in [0.1, 0.15) is 6.33 Å². The molecule has 0 aliphatic heterocycles. The molecule has 0 radical (unpaired) electrons. The number of hydrogen-bond donors (Lipinski definition) is 0. The normalized spacial score (nSPS) is 6.86. The van der Waals surface area contributed by atoms with Gasteiger partial charge in [0.25, 0.3) is 0 Å². The van der Waals surface area contributed by atoms with Gasteiger partial charge < -0.3 is 2.85 Å². The molecule has 0 saturated heterocycles. The molecule has 1 aromatic rings. The minimum absolute atomic E-state index is 0. The van der Waals surface area contributed by atoms with Gasteiger partial charge in [-0.25, -0.2) is 9.97 Å². The molecule has 0 amide bonds. The molecule has 0 aliphatic rings. The van der Waals surface area contributed by atoms with E-state index in [1.165, 1.54) is 6.33 Å². The summed E-state index contributed by atoms with van der Waals surface area (Å²) in [5, 5.41) is 0. The van der Waals surface area contributed by atoms with Gasteiger partial charge in [-0.1, -0.05) is 0 Å². The van der Waals surface area contributed by atoms with Crippen molar-refractivity contribution < 1.29 is 2.85 Å². The molecule has 0 spiro atoms. The molecule has 0 unspecified atom stereocenters. The van der Waals surface area contributed by atoms with Crippen molar-refractivity contribution in [2.75, 3.05) is 0 Å². The van der Waals surface area contributed by atoms with Crippen LogP contribution in [0.15, 0.2) is 24.8 Å². The number of hydrogen-bond acceptors (Lipinski definition) is 2. The summed E-state index contributed by atoms with van der Waals surface area (Å²) < 4.78 is 0. The van der Waals surface area contributed by atoms with Crippen LogP contribution in [0.5, 0.6) is 0 Å². The van der Waals surface area contributed by atoms with E-state index in [4.69, 9.17) is 0 Å². The van der Waals surface area contributed by atoms with Gasteiger partial charge in [-0.05, 0) is 6.07 Å². The van der Waals surface area contributed by atoms with Crippen LogP contribution < -0.4 is 0 Å². The third-order valence-electron chi connectivity index (χ3n) is 0.478. The number of rotatable bonds is 0. The molecule has 1 rings (SSSR count). The topological polar surface area (TPSA) is 25.8 Å². The summed E-state index contributed by atoms with van der Waals surface area (Å²) in [6.07, 6.45) is 4.88. The van der Waals surface area contributed by atoms with Gasteiger partial charge >= 0.3 is 37.7 Å². The first-order chi connectivity index (χ1) is 3.00. The zero-order valence-corrected chi connectivity index (χ0v) is 6.12. The molecule has 0 fully saturated rings. The summed E-state index contributed by atoms with van der Waals surface area (Å²) in [6, 6.07) is 1.78. The van der Waals surface area contributed by atoms with Crippen LogP contribution in [0.3, 0.4) is 0 Å². The first-order valence-electron chi connectivity index (χ1n) is 1.70. The van der Waals surface area contributed by atoms with E-state index in [1.54, 1.807) is 18.5 Å². The number of nitrogens with zero attached hydrogens (tertiary/aromatic N) is 2. The van der Waals surface area contributed by atoms with Crippen molar-refractivity contribution in [3.63, 3.8) is 0 Å². The Hall–Kier alpha value is 0.340. The smallest absolute Gasteiger partial charge is 1.00 e. The monoisotopic (exact) mass is 122 g/mol. The molecule has 2 nitrogen and oxygen atoms in total. The summed E-state index contributed by atoms with van der Waals surface area (Å²) in [4.78, 5) is 7.35. The maximum absolute atomic E-state index is 3.67. The average Bonchev–Trinajstić information content (AvgIpc) is 1.72. The second-order valence-electron chi connectivity index (χ2n) is 0.904. The van der Waals surface area contributed by atoms with Crippen LogP contribution in [0.2, 0.25) is 0 Å². The fraction of sp³-hybridized carbons (Fsp3) is 0. The summed E-state index contributed by atoms with van der Waals surface area (Å²) in [5.41, 5.74) is 0. The van der Waals surface area contributed by atoms with Crippen LogP contribution in [0, 0.1) is 0 Å². The molecule has 1 aromatic heterocycles. The summed E-state index contributed by atoms with van der Waals surface area (Å²) in [6.45, 7) is 0. The Morgan fingerprint density at radius 2 is 1.71 bits per heavy atom. The van der Waals surface area contributed by atoms with Crippen LogP contribution in [0.1, 0.15) is 2.85 Å². The van der Waals surface area contributed by atoms with E-state index >= 15 is 0 Å². The van der Waals surface area contributed by atoms with E-state index in [-0.39, 0.29) is 40.6 Å². The summed E-state index contributed by atoms with van der Waals surface area (Å²) >= 11 is 0. The minimum Gasteiger partial charge on any atom is -1.00 e. The fourth-order valence-corrected chi connectivity index (χ4v) is 0.253. The van der Waals surface area contributed by atoms with E-state index < -0.39 is 0 Å². The van der Waals surface area contributed by atoms with Crippen molar-refractivity contribution in [1.29, 1.82) is 0 Å². The van der Waals surface area contributed by atoms with Crippen molar-refractivity contribution in [2.24, 2.45) is 0 Å². The molecule has 0 aliphatic carbocycles. The zero-order valence-electron chi connectivity index (χ0n) is 5.91. The Bertz CT molecular complexity index is 88.5. The molecule has 0 N–H and O–H groups in total. The third kappa shape index (κ3) is 2.97. The van der Waals surface area contributed by atoms with Gasteiger partial charge in [0, 0.05) is 12.4 Å². The maximum Gasteiger partial charge on any atom is 2.00 e. The molecule has 34 valence electrons. The van der Waals surface area contributed by atoms with Crippen molar-refractivity contribution >= 4 is 37.7 Å². The first kappa shape index (κ1) is 7.34. The molecular weight excluding hydrogens is 116 g/mol. The van der Waals surface area contributed by atoms with Gasteiger partial charge in [-0.2, -0.15) is 0 Å². The molecule has 7 heavy (non-hydrogen) atoms. The van der Waals surface area contributed by atoms with Gasteiger partial charge in [-0.15, -0.1) is 0 Å². The Kier molecular flexibility index (Phi) is 4.72. The molecule has 0 aromatic carbocycles. The zero-order chi connectivity index (χ0) is 4.24. The van der Waals surface area contributed by atoms with Crippen molar-refractivity contribution in [2.45, 2.75) is 0 Å². The summed E-state index contributed by atoms with van der Waals surface area (Å²) in [7, 11) is 0. The van der Waals surface area contributed by atoms with E-state index in [1.807, 2.05) is 0 Å². The maximum atomic E-state index is 3.67. The van der Waals surface area contributed by atoms with Crippen molar-refractivity contribution in [1.82, 2.24) is 9.97 Å². The first-order valence-corrected chi connectivity index (χ1v) is 1.70. The Morgan fingerprint density at radius 1 is 1.14 bits per heavy atom. The largest absolute Gasteiger partial charge is 2.00 e. The molecule has 3 heteroatoms. The quantitative estimate of drug-likeness (QED) is 0.463. The van der Waals surface area contributed by atoms with Gasteiger partial charge in [0.05, 0.1) is 0 Å². The Balaban J connectivity index is -0.000000120. The Labute approximate surface area is 75.0 Å². The molecule has 0 atom stereocenters. The molecule has 0 saturated carbocycles. The third-order valence-corrected chi connectivity index (χ3v) is 0.478. The van der Waals surface area contributed by atoms with Gasteiger partial charge in [0.15, 0.2) is 0 Å². The Morgan fingerprint density at radius 3 is 1.86 bits per heavy atom. The second kappa shape index (κ2) is 4.50. The van der Waals surface area contributed by atoms with Crippen LogP contribution >= 0.6 is 0 Å². The van der Waals surface area contributed by atoms with E-state index in [0.29, 0.717) is 0 Å². The van der Waals surface area contributed by atoms with Crippen LogP contribution in [-0.4, -0.2) is 47.7 Å². The molecular formula is C4H6CaN2. The van der Waals surface area contributed by atoms with Crippen LogP contribution in [0.4, 0.5) is 0 Å². The standard InChI is InChI=1S/C4H4N2.Ca.2H/c1-2-5-4-6-3-1;;;/h1-4H;;;/q;+2;2*-1. The molecule has 1 heterocycles. The SMILES string of the molecule is [Ca+2].[H-].[H-].c1cncnc1. The van der Waals surface area contributed by atoms with E-state index in [2.05, 4.69) is 9.97 Å². The van der Waals surface area contributed by atoms with E-state index in [0.717, 1.165) is 0 Å². The fourth-order valence-electron chi connectivity index (χ4n) is 0.253. The number of aromatic nitrogens is 2. The van der Waals surface area contributed by atoms with Crippen molar-refractivity contribution in [3.05, 3.63) is 24.8 Å². The minimum atomic E-state index is 0. The van der Waals surface area contributed by atoms with Crippen LogP contribution in [0.25, 0.3) is 0 Å². The van der Waals surface area contributed by atoms with E-state index in [9.17, 15) is 0 Å². The predicted molar refractivity (Wildman–Crippen MR) is 30.0 cm³/mol. The summed E-state index contributed by atoms with van der Waals surface area (Å²) in [5.74, 6) is 0.